The Morgan fingerprint density at radius 2 is 2.09 bits per heavy atom. The van der Waals surface area contributed by atoms with E-state index < -0.39 is 5.60 Å². The van der Waals surface area contributed by atoms with Gasteiger partial charge < -0.3 is 19.7 Å². The van der Waals surface area contributed by atoms with E-state index in [1.54, 1.807) is 32.2 Å². The predicted octanol–water partition coefficient (Wildman–Crippen LogP) is 1.20. The molecule has 2 amide bonds. The highest BCUT2D eigenvalue weighted by molar-refractivity contribution is 5.97. The van der Waals surface area contributed by atoms with Crippen molar-refractivity contribution in [2.24, 2.45) is 0 Å². The van der Waals surface area contributed by atoms with E-state index in [-0.39, 0.29) is 11.8 Å². The number of carbonyl (C=O) groups excluding carboxylic acids is 2. The van der Waals surface area contributed by atoms with E-state index in [4.69, 9.17) is 9.47 Å². The quantitative estimate of drug-likeness (QED) is 0.846. The normalized spacial score (nSPS) is 19.7. The number of carbonyl (C=O) groups is 2. The highest BCUT2D eigenvalue weighted by atomic mass is 16.5. The van der Waals surface area contributed by atoms with Gasteiger partial charge in [0.1, 0.15) is 17.1 Å². The van der Waals surface area contributed by atoms with Crippen molar-refractivity contribution in [2.45, 2.75) is 25.4 Å². The zero-order chi connectivity index (χ0) is 15.7. The van der Waals surface area contributed by atoms with Gasteiger partial charge in [-0.15, -0.1) is 0 Å². The second-order valence-electron chi connectivity index (χ2n) is 5.84. The molecule has 6 nitrogen and oxygen atoms in total. The Morgan fingerprint density at radius 3 is 2.73 bits per heavy atom. The number of hydrogen-bond acceptors (Lipinski definition) is 4. The average molecular weight is 304 g/mol. The van der Waals surface area contributed by atoms with Gasteiger partial charge >= 0.3 is 0 Å². The minimum atomic E-state index is -0.459. The molecule has 0 saturated carbocycles. The first-order chi connectivity index (χ1) is 10.5. The van der Waals surface area contributed by atoms with E-state index in [9.17, 15) is 9.59 Å². The van der Waals surface area contributed by atoms with Crippen LogP contribution in [0.3, 0.4) is 0 Å². The third kappa shape index (κ3) is 2.61. The van der Waals surface area contributed by atoms with Gasteiger partial charge in [0.2, 0.25) is 5.91 Å². The Morgan fingerprint density at radius 1 is 1.36 bits per heavy atom. The highest BCUT2D eigenvalue weighted by Crippen LogP contribution is 2.34. The maximum Gasteiger partial charge on any atom is 0.255 e. The molecule has 22 heavy (non-hydrogen) atoms. The lowest BCUT2D eigenvalue weighted by Crippen LogP contribution is -2.53. The number of fused-ring (bicyclic) bond motifs is 1. The van der Waals surface area contributed by atoms with Crippen LogP contribution in [-0.2, 0) is 4.79 Å². The maximum atomic E-state index is 12.2. The smallest absolute Gasteiger partial charge is 0.255 e. The Hall–Kier alpha value is -2.24. The van der Waals surface area contributed by atoms with Crippen molar-refractivity contribution in [3.05, 3.63) is 23.8 Å². The number of benzene rings is 1. The summed E-state index contributed by atoms with van der Waals surface area (Å²) in [6.07, 6.45) is 1.40. The molecule has 1 aromatic rings. The van der Waals surface area contributed by atoms with Crippen molar-refractivity contribution in [1.82, 2.24) is 10.2 Å². The van der Waals surface area contributed by atoms with Crippen LogP contribution in [0.2, 0.25) is 0 Å². The molecular formula is C16H20N2O4. The van der Waals surface area contributed by atoms with Gasteiger partial charge in [-0.2, -0.15) is 0 Å². The van der Waals surface area contributed by atoms with Gasteiger partial charge in [0, 0.05) is 38.9 Å². The van der Waals surface area contributed by atoms with Gasteiger partial charge in [-0.05, 0) is 12.1 Å². The molecule has 3 rings (SSSR count). The zero-order valence-electron chi connectivity index (χ0n) is 12.8. The molecule has 1 fully saturated rings. The van der Waals surface area contributed by atoms with Gasteiger partial charge in [0.05, 0.1) is 19.2 Å². The number of hydrogen-bond donors (Lipinski definition) is 1. The van der Waals surface area contributed by atoms with Crippen LogP contribution in [0.4, 0.5) is 0 Å². The van der Waals surface area contributed by atoms with E-state index in [1.165, 1.54) is 0 Å². The van der Waals surface area contributed by atoms with Crippen LogP contribution in [0.5, 0.6) is 11.5 Å². The number of methoxy groups -OCH3 is 1. The molecule has 1 N–H and O–H groups in total. The molecule has 1 spiro atoms. The lowest BCUT2D eigenvalue weighted by Gasteiger charge is -2.40. The van der Waals surface area contributed by atoms with Crippen LogP contribution < -0.4 is 14.8 Å². The van der Waals surface area contributed by atoms with Crippen LogP contribution in [-0.4, -0.2) is 49.1 Å². The van der Waals surface area contributed by atoms with Crippen LogP contribution in [0, 0.1) is 0 Å². The number of likely N-dealkylation sites (tertiary alicyclic amines) is 1. The first kappa shape index (κ1) is 14.7. The van der Waals surface area contributed by atoms with Crippen molar-refractivity contribution in [2.75, 3.05) is 26.7 Å². The summed E-state index contributed by atoms with van der Waals surface area (Å²) < 4.78 is 11.4. The lowest BCUT2D eigenvalue weighted by atomic mass is 9.91. The average Bonchev–Trinajstić information content (AvgIpc) is 2.65. The summed E-state index contributed by atoms with van der Waals surface area (Å²) in [5, 5.41) is 2.93. The van der Waals surface area contributed by atoms with Crippen molar-refractivity contribution in [3.63, 3.8) is 0 Å². The van der Waals surface area contributed by atoms with Gasteiger partial charge in [-0.25, -0.2) is 0 Å². The number of rotatable bonds is 1. The van der Waals surface area contributed by atoms with Gasteiger partial charge in [-0.3, -0.25) is 9.59 Å². The van der Waals surface area contributed by atoms with E-state index in [0.29, 0.717) is 49.5 Å². The Labute approximate surface area is 129 Å². The minimum absolute atomic E-state index is 0.0783. The number of nitrogens with one attached hydrogen (secondary N) is 1. The van der Waals surface area contributed by atoms with Crippen molar-refractivity contribution < 1.29 is 19.1 Å². The zero-order valence-corrected chi connectivity index (χ0v) is 12.8. The summed E-state index contributed by atoms with van der Waals surface area (Å²) in [5.41, 5.74) is 0.0610. The minimum Gasteiger partial charge on any atom is -0.497 e. The summed E-state index contributed by atoms with van der Waals surface area (Å²) in [6.45, 7) is 3.32. The van der Waals surface area contributed by atoms with Crippen LogP contribution in [0.1, 0.15) is 30.1 Å². The van der Waals surface area contributed by atoms with E-state index in [1.807, 2.05) is 4.90 Å². The fourth-order valence-corrected chi connectivity index (χ4v) is 3.02. The summed E-state index contributed by atoms with van der Waals surface area (Å²) in [6, 6.07) is 5.21. The molecule has 0 radical (unpaired) electrons. The first-order valence-electron chi connectivity index (χ1n) is 7.44. The molecule has 6 heteroatoms. The molecule has 118 valence electrons. The largest absolute Gasteiger partial charge is 0.497 e. The van der Waals surface area contributed by atoms with E-state index in [0.717, 1.165) is 0 Å². The predicted molar refractivity (Wildman–Crippen MR) is 80.2 cm³/mol. The van der Waals surface area contributed by atoms with Crippen molar-refractivity contribution in [1.29, 1.82) is 0 Å². The Balaban J connectivity index is 1.87. The topological polar surface area (TPSA) is 67.9 Å². The molecule has 0 aromatic heterocycles. The monoisotopic (exact) mass is 304 g/mol. The second kappa shape index (κ2) is 5.51. The highest BCUT2D eigenvalue weighted by Gasteiger charge is 2.40. The van der Waals surface area contributed by atoms with Crippen LogP contribution in [0.15, 0.2) is 18.2 Å². The fourth-order valence-electron chi connectivity index (χ4n) is 3.02. The van der Waals surface area contributed by atoms with Crippen molar-refractivity contribution >= 4 is 11.8 Å². The molecule has 0 unspecified atom stereocenters. The van der Waals surface area contributed by atoms with Crippen molar-refractivity contribution in [3.8, 4) is 11.5 Å². The summed E-state index contributed by atoms with van der Waals surface area (Å²) in [4.78, 5) is 25.5. The van der Waals surface area contributed by atoms with E-state index >= 15 is 0 Å². The lowest BCUT2D eigenvalue weighted by molar-refractivity contribution is -0.132. The molecule has 0 aliphatic carbocycles. The summed E-state index contributed by atoms with van der Waals surface area (Å²) >= 11 is 0. The number of ether oxygens (including phenoxy) is 2. The van der Waals surface area contributed by atoms with Crippen LogP contribution in [0.25, 0.3) is 0 Å². The summed E-state index contributed by atoms with van der Waals surface area (Å²) in [5.74, 6) is 1.15. The maximum absolute atomic E-state index is 12.2. The molecule has 1 saturated heterocycles. The van der Waals surface area contributed by atoms with Gasteiger partial charge in [-0.1, -0.05) is 0 Å². The molecule has 0 bridgehead atoms. The second-order valence-corrected chi connectivity index (χ2v) is 5.84. The van der Waals surface area contributed by atoms with Gasteiger partial charge in [0.15, 0.2) is 0 Å². The third-order valence-electron chi connectivity index (χ3n) is 4.45. The third-order valence-corrected chi connectivity index (χ3v) is 4.45. The first-order valence-corrected chi connectivity index (χ1v) is 7.44. The Bertz CT molecular complexity index is 606. The Kier molecular flexibility index (Phi) is 3.68. The molecule has 2 aliphatic rings. The van der Waals surface area contributed by atoms with Crippen LogP contribution >= 0.6 is 0 Å². The number of piperidine rings is 1. The molecule has 0 atom stereocenters. The molecular weight excluding hydrogens is 284 g/mol. The SMILES string of the molecule is COc1ccc2c(c1)OC1(CCN(C(C)=O)CC1)CNC2=O. The summed E-state index contributed by atoms with van der Waals surface area (Å²) in [7, 11) is 1.58. The number of amides is 2. The standard InChI is InChI=1S/C16H20N2O4/c1-11(19)18-7-5-16(6-8-18)10-17-15(20)13-4-3-12(21-2)9-14(13)22-16/h3-4,9H,5-8,10H2,1-2H3,(H,17,20). The molecule has 1 aromatic carbocycles. The van der Waals surface area contributed by atoms with E-state index in [2.05, 4.69) is 5.32 Å². The fraction of sp³-hybridized carbons (Fsp3) is 0.500. The number of nitrogens with zero attached hydrogens (tertiary/aromatic N) is 1. The molecule has 2 heterocycles. The molecule has 2 aliphatic heterocycles. The van der Waals surface area contributed by atoms with Gasteiger partial charge in [0.25, 0.3) is 5.91 Å².